The Balaban J connectivity index is 1.69. The van der Waals surface area contributed by atoms with Crippen molar-refractivity contribution in [2.24, 2.45) is 7.05 Å². The monoisotopic (exact) mass is 296 g/mol. The molecule has 0 bridgehead atoms. The molecule has 0 amide bonds. The molecule has 22 heavy (non-hydrogen) atoms. The van der Waals surface area contributed by atoms with E-state index in [0.717, 1.165) is 22.4 Å². The van der Waals surface area contributed by atoms with Gasteiger partial charge in [-0.25, -0.2) is 4.39 Å². The average Bonchev–Trinajstić information content (AvgIpc) is 2.91. The molecular formula is C17H17FN4. The van der Waals surface area contributed by atoms with Crippen LogP contribution in [0.25, 0.3) is 11.3 Å². The number of rotatable bonds is 5. The fourth-order valence-electron chi connectivity index (χ4n) is 2.36. The summed E-state index contributed by atoms with van der Waals surface area (Å²) in [6.07, 6.45) is 5.56. The molecule has 0 radical (unpaired) electrons. The lowest BCUT2D eigenvalue weighted by atomic mass is 10.1. The molecule has 112 valence electrons. The van der Waals surface area contributed by atoms with Crippen molar-refractivity contribution in [3.63, 3.8) is 0 Å². The molecule has 3 aromatic rings. The molecule has 0 spiro atoms. The van der Waals surface area contributed by atoms with Crippen molar-refractivity contribution in [3.8, 4) is 11.3 Å². The van der Waals surface area contributed by atoms with Crippen molar-refractivity contribution in [3.05, 3.63) is 71.9 Å². The minimum absolute atomic E-state index is 0.213. The summed E-state index contributed by atoms with van der Waals surface area (Å²) in [7, 11) is 1.91. The Kier molecular flexibility index (Phi) is 4.25. The zero-order valence-corrected chi connectivity index (χ0v) is 12.3. The topological polar surface area (TPSA) is 42.7 Å². The Morgan fingerprint density at radius 3 is 2.68 bits per heavy atom. The summed E-state index contributed by atoms with van der Waals surface area (Å²) < 4.78 is 14.7. The summed E-state index contributed by atoms with van der Waals surface area (Å²) in [6, 6.07) is 10.4. The van der Waals surface area contributed by atoms with Crippen molar-refractivity contribution < 1.29 is 4.39 Å². The van der Waals surface area contributed by atoms with Gasteiger partial charge in [0.05, 0.1) is 5.69 Å². The number of pyridine rings is 1. The summed E-state index contributed by atoms with van der Waals surface area (Å²) in [5.41, 5.74) is 4.09. The highest BCUT2D eigenvalue weighted by Gasteiger charge is 2.09. The number of aryl methyl sites for hydroxylation is 1. The molecule has 0 saturated heterocycles. The first kappa shape index (κ1) is 14.4. The smallest absolute Gasteiger partial charge is 0.123 e. The zero-order valence-electron chi connectivity index (χ0n) is 12.3. The van der Waals surface area contributed by atoms with Gasteiger partial charge >= 0.3 is 0 Å². The van der Waals surface area contributed by atoms with Crippen LogP contribution in [0.3, 0.4) is 0 Å². The maximum absolute atomic E-state index is 12.9. The van der Waals surface area contributed by atoms with E-state index >= 15 is 0 Å². The third-order valence-corrected chi connectivity index (χ3v) is 3.40. The van der Waals surface area contributed by atoms with Crippen molar-refractivity contribution in [1.29, 1.82) is 0 Å². The second-order valence-corrected chi connectivity index (χ2v) is 5.15. The first-order chi connectivity index (χ1) is 10.7. The summed E-state index contributed by atoms with van der Waals surface area (Å²) in [6.45, 7) is 1.37. The van der Waals surface area contributed by atoms with Gasteiger partial charge < -0.3 is 5.32 Å². The third kappa shape index (κ3) is 3.38. The minimum atomic E-state index is -0.213. The standard InChI is InChI=1S/C17H17FN4/c1-22-12-15(17(21-22)14-3-2-8-19-10-14)11-20-9-13-4-6-16(18)7-5-13/h2-8,10,12,20H,9,11H2,1H3. The predicted octanol–water partition coefficient (Wildman–Crippen LogP) is 2.91. The van der Waals surface area contributed by atoms with E-state index in [4.69, 9.17) is 0 Å². The summed E-state index contributed by atoms with van der Waals surface area (Å²) in [5, 5.41) is 7.87. The van der Waals surface area contributed by atoms with E-state index in [2.05, 4.69) is 15.4 Å². The van der Waals surface area contributed by atoms with Gasteiger partial charge in [0.15, 0.2) is 0 Å². The van der Waals surface area contributed by atoms with Crippen molar-refractivity contribution in [1.82, 2.24) is 20.1 Å². The normalized spacial score (nSPS) is 10.8. The number of nitrogens with one attached hydrogen (secondary N) is 1. The molecule has 0 saturated carbocycles. The van der Waals surface area contributed by atoms with Crippen LogP contribution in [0, 0.1) is 5.82 Å². The molecule has 2 heterocycles. The fourth-order valence-corrected chi connectivity index (χ4v) is 2.36. The predicted molar refractivity (Wildman–Crippen MR) is 83.4 cm³/mol. The maximum atomic E-state index is 12.9. The SMILES string of the molecule is Cn1cc(CNCc2ccc(F)cc2)c(-c2cccnc2)n1. The van der Waals surface area contributed by atoms with Crippen LogP contribution >= 0.6 is 0 Å². The molecule has 2 aromatic heterocycles. The van der Waals surface area contributed by atoms with E-state index in [0.29, 0.717) is 13.1 Å². The molecule has 5 heteroatoms. The molecule has 0 unspecified atom stereocenters. The minimum Gasteiger partial charge on any atom is -0.308 e. The van der Waals surface area contributed by atoms with Gasteiger partial charge in [-0.1, -0.05) is 12.1 Å². The van der Waals surface area contributed by atoms with Gasteiger partial charge in [0.25, 0.3) is 0 Å². The molecule has 0 aliphatic carbocycles. The van der Waals surface area contributed by atoms with E-state index in [-0.39, 0.29) is 5.82 Å². The second kappa shape index (κ2) is 6.49. The van der Waals surface area contributed by atoms with Crippen LogP contribution in [-0.4, -0.2) is 14.8 Å². The number of nitrogens with zero attached hydrogens (tertiary/aromatic N) is 3. The lowest BCUT2D eigenvalue weighted by molar-refractivity contribution is 0.625. The number of aromatic nitrogens is 3. The molecule has 0 aliphatic heterocycles. The first-order valence-electron chi connectivity index (χ1n) is 7.10. The lowest BCUT2D eigenvalue weighted by Gasteiger charge is -2.05. The zero-order chi connectivity index (χ0) is 15.4. The van der Waals surface area contributed by atoms with Crippen LogP contribution in [0.15, 0.2) is 55.0 Å². The van der Waals surface area contributed by atoms with E-state index in [1.165, 1.54) is 12.1 Å². The van der Waals surface area contributed by atoms with Crippen LogP contribution in [0.2, 0.25) is 0 Å². The molecule has 4 nitrogen and oxygen atoms in total. The van der Waals surface area contributed by atoms with Crippen LogP contribution < -0.4 is 5.32 Å². The van der Waals surface area contributed by atoms with Gasteiger partial charge in [-0.3, -0.25) is 9.67 Å². The highest BCUT2D eigenvalue weighted by atomic mass is 19.1. The Labute approximate surface area is 128 Å². The molecular weight excluding hydrogens is 279 g/mol. The van der Waals surface area contributed by atoms with Crippen molar-refractivity contribution >= 4 is 0 Å². The van der Waals surface area contributed by atoms with Crippen molar-refractivity contribution in [2.75, 3.05) is 0 Å². The highest BCUT2D eigenvalue weighted by Crippen LogP contribution is 2.20. The van der Waals surface area contributed by atoms with Gasteiger partial charge in [0.1, 0.15) is 5.82 Å². The van der Waals surface area contributed by atoms with Crippen LogP contribution in [-0.2, 0) is 20.1 Å². The summed E-state index contributed by atoms with van der Waals surface area (Å²) in [4.78, 5) is 4.14. The molecule has 1 N–H and O–H groups in total. The maximum Gasteiger partial charge on any atom is 0.123 e. The Morgan fingerprint density at radius 1 is 1.14 bits per heavy atom. The number of hydrogen-bond acceptors (Lipinski definition) is 3. The molecule has 0 atom stereocenters. The molecule has 0 fully saturated rings. The van der Waals surface area contributed by atoms with E-state index in [1.807, 2.05) is 31.6 Å². The number of hydrogen-bond donors (Lipinski definition) is 1. The van der Waals surface area contributed by atoms with E-state index < -0.39 is 0 Å². The van der Waals surface area contributed by atoms with Crippen LogP contribution in [0.4, 0.5) is 4.39 Å². The van der Waals surface area contributed by atoms with Gasteiger partial charge in [-0.15, -0.1) is 0 Å². The van der Waals surface area contributed by atoms with Crippen LogP contribution in [0.5, 0.6) is 0 Å². The largest absolute Gasteiger partial charge is 0.308 e. The third-order valence-electron chi connectivity index (χ3n) is 3.40. The molecule has 1 aromatic carbocycles. The lowest BCUT2D eigenvalue weighted by Crippen LogP contribution is -2.12. The van der Waals surface area contributed by atoms with Gasteiger partial charge in [0.2, 0.25) is 0 Å². The van der Waals surface area contributed by atoms with E-state index in [1.54, 1.807) is 23.0 Å². The summed E-state index contributed by atoms with van der Waals surface area (Å²) in [5.74, 6) is -0.213. The number of benzene rings is 1. The Hall–Kier alpha value is -2.53. The Morgan fingerprint density at radius 2 is 1.95 bits per heavy atom. The number of halogens is 1. The van der Waals surface area contributed by atoms with Crippen LogP contribution in [0.1, 0.15) is 11.1 Å². The highest BCUT2D eigenvalue weighted by molar-refractivity contribution is 5.61. The Bertz CT molecular complexity index is 735. The quantitative estimate of drug-likeness (QED) is 0.787. The molecule has 3 rings (SSSR count). The average molecular weight is 296 g/mol. The van der Waals surface area contributed by atoms with E-state index in [9.17, 15) is 4.39 Å². The van der Waals surface area contributed by atoms with Gasteiger partial charge in [0, 0.05) is 49.9 Å². The molecule has 0 aliphatic rings. The van der Waals surface area contributed by atoms with Crippen molar-refractivity contribution in [2.45, 2.75) is 13.1 Å². The summed E-state index contributed by atoms with van der Waals surface area (Å²) >= 11 is 0. The fraction of sp³-hybridized carbons (Fsp3) is 0.176. The van der Waals surface area contributed by atoms with Gasteiger partial charge in [-0.2, -0.15) is 5.10 Å². The second-order valence-electron chi connectivity index (χ2n) is 5.15. The van der Waals surface area contributed by atoms with Gasteiger partial charge in [-0.05, 0) is 29.8 Å². The first-order valence-corrected chi connectivity index (χ1v) is 7.10.